The summed E-state index contributed by atoms with van der Waals surface area (Å²) in [5.74, 6) is 0. The van der Waals surface area contributed by atoms with Gasteiger partial charge in [0.1, 0.15) is 0 Å². The Kier molecular flexibility index (Phi) is 18.9. The first-order chi connectivity index (χ1) is 22.3. The molecule has 6 rings (SSSR count). The molecule has 0 saturated heterocycles. The molecule has 0 fully saturated rings. The van der Waals surface area contributed by atoms with Crippen LogP contribution in [0.1, 0.15) is 63.8 Å². The van der Waals surface area contributed by atoms with Crippen LogP contribution in [0.15, 0.2) is 109 Å². The Morgan fingerprint density at radius 3 is 1.12 bits per heavy atom. The molecule has 0 N–H and O–H groups in total. The van der Waals surface area contributed by atoms with Gasteiger partial charge in [0.15, 0.2) is 0 Å². The zero-order valence-electron chi connectivity index (χ0n) is 31.4. The minimum atomic E-state index is -0.100. The number of hydrogen-bond acceptors (Lipinski definition) is 2. The van der Waals surface area contributed by atoms with Crippen LogP contribution >= 0.6 is 24.8 Å². The summed E-state index contributed by atoms with van der Waals surface area (Å²) < 4.78 is 11.7. The molecule has 0 aliphatic rings. The Bertz CT molecular complexity index is 1720. The van der Waals surface area contributed by atoms with Gasteiger partial charge in [0.2, 0.25) is 0 Å². The molecule has 6 aromatic rings. The van der Waals surface area contributed by atoms with Crippen LogP contribution in [0.5, 0.6) is 0 Å². The Balaban J connectivity index is 0.000000439. The smallest absolute Gasteiger partial charge is 0.371 e. The molecule has 264 valence electrons. The van der Waals surface area contributed by atoms with Crippen molar-refractivity contribution < 1.29 is 35.7 Å². The monoisotopic (exact) mass is 802 g/mol. The number of rotatable bonds is 6. The third kappa shape index (κ3) is 13.0. The van der Waals surface area contributed by atoms with Gasteiger partial charge in [-0.15, -0.1) is 95.6 Å². The van der Waals surface area contributed by atoms with Crippen molar-refractivity contribution >= 4 is 55.9 Å². The average molecular weight is 805 g/mol. The van der Waals surface area contributed by atoms with Gasteiger partial charge in [-0.2, -0.15) is 0 Å². The topological polar surface area (TPSA) is 18.5 Å². The average Bonchev–Trinajstić information content (AvgIpc) is 3.54. The fourth-order valence-electron chi connectivity index (χ4n) is 5.64. The zero-order chi connectivity index (χ0) is 34.2. The number of aryl methyl sites for hydroxylation is 2. The predicted molar refractivity (Wildman–Crippen MR) is 220 cm³/mol. The molecule has 50 heavy (non-hydrogen) atoms. The number of ether oxygens (including phenoxy) is 2. The Morgan fingerprint density at radius 2 is 0.820 bits per heavy atom. The van der Waals surface area contributed by atoms with E-state index >= 15 is 0 Å². The van der Waals surface area contributed by atoms with Crippen LogP contribution in [0, 0.1) is 13.8 Å². The van der Waals surface area contributed by atoms with Crippen LogP contribution in [0.4, 0.5) is 0 Å². The van der Waals surface area contributed by atoms with Crippen LogP contribution in [-0.2, 0) is 48.9 Å². The molecule has 6 aromatic carbocycles. The minimum absolute atomic E-state index is 0. The maximum Gasteiger partial charge on any atom is 2.00 e. The maximum absolute atomic E-state index is 5.84. The SMILES string of the molecule is C[Si]C.Cc1cc2ccccc2[c-]1-c1ccc(COC(C)(C)C)cc1.Cc1cc2ccccc2[c-]1-c1ccc(COC(C)(C)C)cc1.Cl.Cl.[Zr+2]. The van der Waals surface area contributed by atoms with Crippen LogP contribution in [-0.4, -0.2) is 20.7 Å². The standard InChI is InChI=1S/2C21H23O.C2H6Si.2ClH.Zr/c2*1-15-13-18-7-5-6-8-19(18)20(15)17-11-9-16(10-12-17)14-22-21(2,3)4;1-3-2;;;/h2*5-13H,14H2,1-4H3;1-2H3;2*1H;/q2*-1;;;;+2. The molecular formula is C44H54Cl2O2SiZr. The molecular weight excluding hydrogens is 751 g/mol. The fourth-order valence-corrected chi connectivity index (χ4v) is 5.64. The van der Waals surface area contributed by atoms with Gasteiger partial charge in [-0.25, -0.2) is 0 Å². The first-order valence-corrected chi connectivity index (χ1v) is 18.6. The van der Waals surface area contributed by atoms with E-state index < -0.39 is 0 Å². The largest absolute Gasteiger partial charge is 2.00 e. The van der Waals surface area contributed by atoms with Crippen molar-refractivity contribution in [3.05, 3.63) is 131 Å². The van der Waals surface area contributed by atoms with Gasteiger partial charge < -0.3 is 9.47 Å². The van der Waals surface area contributed by atoms with Crippen LogP contribution < -0.4 is 0 Å². The summed E-state index contributed by atoms with van der Waals surface area (Å²) in [5.41, 5.74) is 10.1. The van der Waals surface area contributed by atoms with Crippen molar-refractivity contribution in [3.8, 4) is 22.3 Å². The van der Waals surface area contributed by atoms with E-state index in [2.05, 4.69) is 178 Å². The second-order valence-corrected chi connectivity index (χ2v) is 15.3. The second kappa shape index (κ2) is 20.7. The van der Waals surface area contributed by atoms with E-state index in [4.69, 9.17) is 9.47 Å². The zero-order valence-corrected chi connectivity index (χ0v) is 36.5. The van der Waals surface area contributed by atoms with E-state index in [0.717, 1.165) is 9.52 Å². The van der Waals surface area contributed by atoms with Gasteiger partial charge in [-0.1, -0.05) is 120 Å². The van der Waals surface area contributed by atoms with Gasteiger partial charge in [0.25, 0.3) is 0 Å². The normalized spacial score (nSPS) is 10.9. The Labute approximate surface area is 335 Å². The summed E-state index contributed by atoms with van der Waals surface area (Å²) in [5, 5.41) is 5.29. The number of hydrogen-bond donors (Lipinski definition) is 0. The molecule has 0 bridgehead atoms. The van der Waals surface area contributed by atoms with Gasteiger partial charge >= 0.3 is 26.2 Å². The molecule has 6 heteroatoms. The van der Waals surface area contributed by atoms with Crippen LogP contribution in [0.3, 0.4) is 0 Å². The summed E-state index contributed by atoms with van der Waals surface area (Å²) in [6.45, 7) is 22.5. The van der Waals surface area contributed by atoms with E-state index in [-0.39, 0.29) is 62.2 Å². The van der Waals surface area contributed by atoms with E-state index in [1.807, 2.05) is 0 Å². The molecule has 0 heterocycles. The molecule has 0 amide bonds. The van der Waals surface area contributed by atoms with Gasteiger partial charge in [-0.3, -0.25) is 0 Å². The number of fused-ring (bicyclic) bond motifs is 2. The van der Waals surface area contributed by atoms with Crippen LogP contribution in [0.25, 0.3) is 43.8 Å². The maximum atomic E-state index is 5.84. The Morgan fingerprint density at radius 1 is 0.520 bits per heavy atom. The van der Waals surface area contributed by atoms with E-state index in [1.54, 1.807) is 0 Å². The Hall–Kier alpha value is -2.30. The van der Waals surface area contributed by atoms with Crippen molar-refractivity contribution in [1.29, 1.82) is 0 Å². The van der Waals surface area contributed by atoms with Crippen LogP contribution in [0.2, 0.25) is 13.1 Å². The van der Waals surface area contributed by atoms with Gasteiger partial charge in [-0.05, 0) is 52.7 Å². The molecule has 0 aliphatic heterocycles. The molecule has 0 aromatic heterocycles. The van der Waals surface area contributed by atoms with Crippen molar-refractivity contribution in [2.75, 3.05) is 0 Å². The van der Waals surface area contributed by atoms with E-state index in [1.165, 1.54) is 66.1 Å². The summed E-state index contributed by atoms with van der Waals surface area (Å²) in [6, 6.07) is 39.2. The van der Waals surface area contributed by atoms with Gasteiger partial charge in [0, 0.05) is 9.52 Å². The predicted octanol–water partition coefficient (Wildman–Crippen LogP) is 13.3. The van der Waals surface area contributed by atoms with Crippen molar-refractivity contribution in [2.24, 2.45) is 0 Å². The van der Waals surface area contributed by atoms with Crippen molar-refractivity contribution in [2.45, 2.75) is 92.9 Å². The third-order valence-electron chi connectivity index (χ3n) is 7.82. The van der Waals surface area contributed by atoms with Gasteiger partial charge in [0.05, 0.1) is 24.4 Å². The number of halogens is 2. The number of benzene rings is 4. The first kappa shape index (κ1) is 45.7. The minimum Gasteiger partial charge on any atom is -0.371 e. The van der Waals surface area contributed by atoms with Crippen molar-refractivity contribution in [3.63, 3.8) is 0 Å². The summed E-state index contributed by atoms with van der Waals surface area (Å²) in [6.07, 6.45) is 0. The molecule has 2 nitrogen and oxygen atoms in total. The summed E-state index contributed by atoms with van der Waals surface area (Å²) >= 11 is 0. The molecule has 0 spiro atoms. The van der Waals surface area contributed by atoms with Crippen molar-refractivity contribution in [1.82, 2.24) is 0 Å². The third-order valence-corrected chi connectivity index (χ3v) is 7.82. The summed E-state index contributed by atoms with van der Waals surface area (Å²) in [4.78, 5) is 0. The summed E-state index contributed by atoms with van der Waals surface area (Å²) in [7, 11) is 1.08. The molecule has 2 radical (unpaired) electrons. The molecule has 0 atom stereocenters. The molecule has 0 saturated carbocycles. The second-order valence-electron chi connectivity index (χ2n) is 14.3. The van der Waals surface area contributed by atoms with E-state index in [0.29, 0.717) is 13.2 Å². The molecule has 0 unspecified atom stereocenters. The quantitative estimate of drug-likeness (QED) is 0.123. The first-order valence-electron chi connectivity index (χ1n) is 16.6. The molecule has 0 aliphatic carbocycles. The fraction of sp³-hybridized carbons (Fsp3) is 0.318. The van der Waals surface area contributed by atoms with E-state index in [9.17, 15) is 0 Å².